The van der Waals surface area contributed by atoms with Gasteiger partial charge in [0.1, 0.15) is 0 Å². The quantitative estimate of drug-likeness (QED) is 0.460. The third kappa shape index (κ3) is 6.43. The molecule has 0 aromatic rings. The van der Waals surface area contributed by atoms with Gasteiger partial charge in [0.05, 0.1) is 0 Å². The summed E-state index contributed by atoms with van der Waals surface area (Å²) in [5.41, 5.74) is 0. The molecule has 23 heavy (non-hydrogen) atoms. The fraction of sp³-hybridized carbons (Fsp3) is 1.00. The van der Waals surface area contributed by atoms with E-state index in [9.17, 15) is 0 Å². The summed E-state index contributed by atoms with van der Waals surface area (Å²) in [5, 5.41) is 0. The Hall–Kier alpha value is 0. The Morgan fingerprint density at radius 3 is 2.04 bits per heavy atom. The molecule has 0 bridgehead atoms. The molecule has 0 aliphatic heterocycles. The molecule has 6 unspecified atom stereocenters. The number of fused-ring (bicyclic) bond motifs is 1. The van der Waals surface area contributed by atoms with Crippen molar-refractivity contribution < 1.29 is 0 Å². The van der Waals surface area contributed by atoms with E-state index in [-0.39, 0.29) is 7.43 Å². The first-order valence-electron chi connectivity index (χ1n) is 10.7. The van der Waals surface area contributed by atoms with Crippen LogP contribution < -0.4 is 0 Å². The van der Waals surface area contributed by atoms with Gasteiger partial charge in [-0.2, -0.15) is 0 Å². The normalized spacial score (nSPS) is 30.8. The predicted octanol–water partition coefficient (Wildman–Crippen LogP) is 8.35. The van der Waals surface area contributed by atoms with Gasteiger partial charge in [-0.15, -0.1) is 0 Å². The first-order chi connectivity index (χ1) is 10.7. The van der Waals surface area contributed by atoms with E-state index >= 15 is 0 Å². The van der Waals surface area contributed by atoms with E-state index in [1.54, 1.807) is 32.1 Å². The highest BCUT2D eigenvalue weighted by Gasteiger charge is 2.37. The van der Waals surface area contributed by atoms with Crippen molar-refractivity contribution >= 4 is 0 Å². The molecule has 0 heteroatoms. The maximum absolute atomic E-state index is 2.56. The highest BCUT2D eigenvalue weighted by molar-refractivity contribution is 4.87. The van der Waals surface area contributed by atoms with Crippen LogP contribution in [0, 0.1) is 35.5 Å². The van der Waals surface area contributed by atoms with Crippen LogP contribution in [-0.4, -0.2) is 0 Å². The standard InChI is InChI=1S/C20H38.C2H6.CH4/c1-5-9-20(16(4)15(3)6-2)19-13-12-17-10-7-8-11-18(17)14-19;1-2;/h15-20H,5-14H2,1-4H3;1-2H3;1H4. The Morgan fingerprint density at radius 1 is 0.870 bits per heavy atom. The Morgan fingerprint density at radius 2 is 1.48 bits per heavy atom. The van der Waals surface area contributed by atoms with E-state index in [4.69, 9.17) is 0 Å². The van der Waals surface area contributed by atoms with Crippen LogP contribution >= 0.6 is 0 Å². The summed E-state index contributed by atoms with van der Waals surface area (Å²) in [5.74, 6) is 6.13. The van der Waals surface area contributed by atoms with Crippen molar-refractivity contribution in [1.29, 1.82) is 0 Å². The van der Waals surface area contributed by atoms with Crippen molar-refractivity contribution in [2.75, 3.05) is 0 Å². The lowest BCUT2D eigenvalue weighted by Crippen LogP contribution is -2.34. The zero-order valence-corrected chi connectivity index (χ0v) is 16.5. The van der Waals surface area contributed by atoms with Gasteiger partial charge in [0.25, 0.3) is 0 Å². The van der Waals surface area contributed by atoms with E-state index in [0.29, 0.717) is 0 Å². The van der Waals surface area contributed by atoms with Crippen LogP contribution in [0.3, 0.4) is 0 Å². The van der Waals surface area contributed by atoms with Crippen LogP contribution in [0.2, 0.25) is 0 Å². The van der Waals surface area contributed by atoms with Gasteiger partial charge in [0.15, 0.2) is 0 Å². The largest absolute Gasteiger partial charge is 0.0776 e. The Bertz CT molecular complexity index is 269. The number of rotatable bonds is 6. The zero-order chi connectivity index (χ0) is 16.5. The van der Waals surface area contributed by atoms with Crippen LogP contribution in [0.15, 0.2) is 0 Å². The van der Waals surface area contributed by atoms with E-state index in [1.807, 2.05) is 13.8 Å². The topological polar surface area (TPSA) is 0 Å². The van der Waals surface area contributed by atoms with Crippen molar-refractivity contribution in [1.82, 2.24) is 0 Å². The van der Waals surface area contributed by atoms with Gasteiger partial charge in [-0.1, -0.05) is 93.9 Å². The van der Waals surface area contributed by atoms with Gasteiger partial charge in [-0.05, 0) is 54.8 Å². The van der Waals surface area contributed by atoms with Gasteiger partial charge in [0.2, 0.25) is 0 Å². The molecule has 0 nitrogen and oxygen atoms in total. The van der Waals surface area contributed by atoms with Crippen LogP contribution in [0.5, 0.6) is 0 Å². The second-order valence-corrected chi connectivity index (χ2v) is 8.07. The van der Waals surface area contributed by atoms with Crippen LogP contribution in [0.4, 0.5) is 0 Å². The molecule has 6 atom stereocenters. The number of hydrogen-bond acceptors (Lipinski definition) is 0. The summed E-state index contributed by atoms with van der Waals surface area (Å²) in [6.07, 6.45) is 15.1. The van der Waals surface area contributed by atoms with E-state index in [2.05, 4.69) is 27.7 Å². The van der Waals surface area contributed by atoms with Crippen molar-refractivity contribution in [3.8, 4) is 0 Å². The summed E-state index contributed by atoms with van der Waals surface area (Å²) in [4.78, 5) is 0. The first-order valence-corrected chi connectivity index (χ1v) is 10.7. The maximum Gasteiger partial charge on any atom is -0.0358 e. The molecule has 0 spiro atoms. The summed E-state index contributed by atoms with van der Waals surface area (Å²) >= 11 is 0. The van der Waals surface area contributed by atoms with Crippen molar-refractivity contribution in [3.63, 3.8) is 0 Å². The molecule has 2 aliphatic carbocycles. The van der Waals surface area contributed by atoms with Gasteiger partial charge in [0, 0.05) is 0 Å². The fourth-order valence-electron chi connectivity index (χ4n) is 5.35. The third-order valence-electron chi connectivity index (χ3n) is 7.02. The average Bonchev–Trinajstić information content (AvgIpc) is 2.59. The van der Waals surface area contributed by atoms with E-state index in [0.717, 1.165) is 35.5 Å². The molecule has 0 radical (unpaired) electrons. The van der Waals surface area contributed by atoms with Crippen molar-refractivity contribution in [2.45, 2.75) is 113 Å². The van der Waals surface area contributed by atoms with Gasteiger partial charge in [-0.25, -0.2) is 0 Å². The molecule has 0 saturated heterocycles. The molecule has 140 valence electrons. The molecule has 0 aromatic heterocycles. The lowest BCUT2D eigenvalue weighted by Gasteiger charge is -2.44. The second-order valence-electron chi connectivity index (χ2n) is 8.07. The van der Waals surface area contributed by atoms with E-state index in [1.165, 1.54) is 32.1 Å². The van der Waals surface area contributed by atoms with Gasteiger partial charge < -0.3 is 0 Å². The third-order valence-corrected chi connectivity index (χ3v) is 7.02. The molecule has 2 saturated carbocycles. The van der Waals surface area contributed by atoms with Gasteiger partial charge in [-0.3, -0.25) is 0 Å². The smallest absolute Gasteiger partial charge is 0.0358 e. The molecule has 2 rings (SSSR count). The Balaban J connectivity index is 0.00000155. The Labute approximate surface area is 149 Å². The summed E-state index contributed by atoms with van der Waals surface area (Å²) in [7, 11) is 0. The predicted molar refractivity (Wildman–Crippen MR) is 108 cm³/mol. The van der Waals surface area contributed by atoms with Crippen molar-refractivity contribution in [3.05, 3.63) is 0 Å². The molecule has 0 heterocycles. The molecule has 2 fully saturated rings. The Kier molecular flexibility index (Phi) is 12.4. The highest BCUT2D eigenvalue weighted by atomic mass is 14.4. The molecular weight excluding hydrogens is 276 g/mol. The SMILES string of the molecule is C.CC.CCCC(C1CCC2CCCCC2C1)C(C)C(C)CC. The molecule has 2 aliphatic rings. The zero-order valence-electron chi connectivity index (χ0n) is 16.5. The average molecular weight is 325 g/mol. The summed E-state index contributed by atoms with van der Waals surface area (Å²) in [6, 6.07) is 0. The number of hydrogen-bond donors (Lipinski definition) is 0. The monoisotopic (exact) mass is 324 g/mol. The summed E-state index contributed by atoms with van der Waals surface area (Å²) < 4.78 is 0. The van der Waals surface area contributed by atoms with Gasteiger partial charge >= 0.3 is 0 Å². The van der Waals surface area contributed by atoms with Crippen molar-refractivity contribution in [2.24, 2.45) is 35.5 Å². The van der Waals surface area contributed by atoms with Crippen LogP contribution in [-0.2, 0) is 0 Å². The highest BCUT2D eigenvalue weighted by Crippen LogP contribution is 2.47. The lowest BCUT2D eigenvalue weighted by molar-refractivity contribution is 0.0633. The first kappa shape index (κ1) is 23.0. The maximum atomic E-state index is 2.56. The fourth-order valence-corrected chi connectivity index (χ4v) is 5.35. The van der Waals surface area contributed by atoms with E-state index < -0.39 is 0 Å². The molecule has 0 aromatic carbocycles. The van der Waals surface area contributed by atoms with Crippen LogP contribution in [0.1, 0.15) is 113 Å². The molecule has 0 N–H and O–H groups in total. The van der Waals surface area contributed by atoms with Crippen LogP contribution in [0.25, 0.3) is 0 Å². The molecule has 0 amide bonds. The lowest BCUT2D eigenvalue weighted by atomic mass is 9.61. The second kappa shape index (κ2) is 12.4. The minimum atomic E-state index is 0. The molecular formula is C23H48. The minimum absolute atomic E-state index is 0. The minimum Gasteiger partial charge on any atom is -0.0776 e. The summed E-state index contributed by atoms with van der Waals surface area (Å²) in [6.45, 7) is 13.8.